The van der Waals surface area contributed by atoms with Gasteiger partial charge in [0.25, 0.3) is 5.91 Å². The van der Waals surface area contributed by atoms with Gasteiger partial charge in [-0.05, 0) is 6.08 Å². The molecule has 1 aromatic heterocycles. The second-order valence-corrected chi connectivity index (χ2v) is 7.18. The summed E-state index contributed by atoms with van der Waals surface area (Å²) in [5.74, 6) is -0.247. The van der Waals surface area contributed by atoms with Gasteiger partial charge in [-0.2, -0.15) is 20.7 Å². The van der Waals surface area contributed by atoms with Crippen LogP contribution in [0.5, 0.6) is 0 Å². The number of hydrogen-bond donors (Lipinski definition) is 0. The second-order valence-electron chi connectivity index (χ2n) is 7.18. The van der Waals surface area contributed by atoms with Gasteiger partial charge in [0.15, 0.2) is 0 Å². The Hall–Kier alpha value is -4.49. The Balaban J connectivity index is 1.81. The predicted octanol–water partition coefficient (Wildman–Crippen LogP) is 4.01. The third kappa shape index (κ3) is 4.33. The summed E-state index contributed by atoms with van der Waals surface area (Å²) in [5.41, 5.74) is 4.25. The number of hydrazone groups is 1. The molecule has 1 aliphatic rings. The zero-order valence-electron chi connectivity index (χ0n) is 17.3. The van der Waals surface area contributed by atoms with Crippen molar-refractivity contribution >= 4 is 17.7 Å². The minimum absolute atomic E-state index is 0.200. The number of nitrogens with zero attached hydrogens (tertiary/aromatic N) is 6. The van der Waals surface area contributed by atoms with E-state index >= 15 is 0 Å². The molecule has 156 valence electrons. The molecule has 1 amide bonds. The van der Waals surface area contributed by atoms with Crippen molar-refractivity contribution in [3.8, 4) is 23.4 Å². The lowest BCUT2D eigenvalue weighted by atomic mass is 9.99. The van der Waals surface area contributed by atoms with Crippen molar-refractivity contribution in [3.05, 3.63) is 83.6 Å². The van der Waals surface area contributed by atoms with Crippen LogP contribution in [0.25, 0.3) is 17.3 Å². The molecule has 0 N–H and O–H groups in total. The van der Waals surface area contributed by atoms with Gasteiger partial charge < -0.3 is 0 Å². The topological polar surface area (TPSA) is 98.1 Å². The minimum atomic E-state index is -0.247. The van der Waals surface area contributed by atoms with Gasteiger partial charge in [-0.15, -0.1) is 0 Å². The molecular formula is C25H20N6O. The summed E-state index contributed by atoms with van der Waals surface area (Å²) in [6, 6.07) is 23.4. The Morgan fingerprint density at radius 2 is 1.50 bits per heavy atom. The molecule has 0 atom stereocenters. The molecule has 0 fully saturated rings. The van der Waals surface area contributed by atoms with Crippen LogP contribution >= 0.6 is 0 Å². The number of rotatable bonds is 7. The summed E-state index contributed by atoms with van der Waals surface area (Å²) in [6.45, 7) is 0.692. The van der Waals surface area contributed by atoms with E-state index in [-0.39, 0.29) is 18.9 Å². The normalized spacial score (nSPS) is 14.3. The van der Waals surface area contributed by atoms with E-state index in [0.717, 1.165) is 22.4 Å². The molecule has 1 aliphatic heterocycles. The molecule has 32 heavy (non-hydrogen) atoms. The van der Waals surface area contributed by atoms with Gasteiger partial charge in [-0.3, -0.25) is 9.48 Å². The van der Waals surface area contributed by atoms with E-state index in [1.807, 2.05) is 66.9 Å². The maximum absolute atomic E-state index is 13.2. The van der Waals surface area contributed by atoms with Crippen molar-refractivity contribution in [2.24, 2.45) is 5.10 Å². The molecule has 2 heterocycles. The van der Waals surface area contributed by atoms with Crippen LogP contribution in [-0.2, 0) is 11.3 Å². The summed E-state index contributed by atoms with van der Waals surface area (Å²) in [5, 5.41) is 28.4. The van der Waals surface area contributed by atoms with Crippen molar-refractivity contribution in [1.82, 2.24) is 14.8 Å². The first-order valence-electron chi connectivity index (χ1n) is 10.3. The smallest absolute Gasteiger partial charge is 0.270 e. The lowest BCUT2D eigenvalue weighted by Crippen LogP contribution is -2.23. The van der Waals surface area contributed by atoms with E-state index in [9.17, 15) is 4.79 Å². The number of aryl methyl sites for hydroxylation is 1. The summed E-state index contributed by atoms with van der Waals surface area (Å²) in [4.78, 5) is 13.2. The van der Waals surface area contributed by atoms with Gasteiger partial charge in [0.05, 0.1) is 49.3 Å². The fourth-order valence-corrected chi connectivity index (χ4v) is 3.50. The maximum atomic E-state index is 13.2. The van der Waals surface area contributed by atoms with Crippen LogP contribution in [0.3, 0.4) is 0 Å². The summed E-state index contributed by atoms with van der Waals surface area (Å²) in [6.07, 6.45) is 4.19. The lowest BCUT2D eigenvalue weighted by molar-refractivity contribution is -0.125. The SMILES string of the molecule is N#CCCN1N=C(c2ccccc2)C(=Cc2cn(CCC#N)nc2-c2ccccc2)C1=O. The lowest BCUT2D eigenvalue weighted by Gasteiger charge is -2.08. The first kappa shape index (κ1) is 20.8. The number of carbonyl (C=O) groups is 1. The number of amides is 1. The van der Waals surface area contributed by atoms with E-state index in [2.05, 4.69) is 22.3 Å². The van der Waals surface area contributed by atoms with Gasteiger partial charge in [-0.25, -0.2) is 5.01 Å². The number of nitriles is 2. The monoisotopic (exact) mass is 420 g/mol. The van der Waals surface area contributed by atoms with Crippen LogP contribution in [0.4, 0.5) is 0 Å². The van der Waals surface area contributed by atoms with Crippen molar-refractivity contribution in [1.29, 1.82) is 10.5 Å². The van der Waals surface area contributed by atoms with Crippen LogP contribution in [0.1, 0.15) is 24.0 Å². The molecule has 0 unspecified atom stereocenters. The van der Waals surface area contributed by atoms with Crippen molar-refractivity contribution < 1.29 is 4.79 Å². The molecule has 0 saturated heterocycles. The molecule has 0 aliphatic carbocycles. The molecule has 3 aromatic rings. The molecule has 0 saturated carbocycles. The van der Waals surface area contributed by atoms with E-state index in [1.54, 1.807) is 10.8 Å². The Morgan fingerprint density at radius 1 is 0.875 bits per heavy atom. The van der Waals surface area contributed by atoms with Gasteiger partial charge in [-0.1, -0.05) is 60.7 Å². The van der Waals surface area contributed by atoms with Crippen LogP contribution in [0, 0.1) is 22.7 Å². The van der Waals surface area contributed by atoms with E-state index in [0.29, 0.717) is 24.3 Å². The predicted molar refractivity (Wildman–Crippen MR) is 121 cm³/mol. The summed E-state index contributed by atoms with van der Waals surface area (Å²) < 4.78 is 1.73. The molecule has 4 rings (SSSR count). The van der Waals surface area contributed by atoms with Crippen molar-refractivity contribution in [2.45, 2.75) is 19.4 Å². The van der Waals surface area contributed by atoms with Crippen LogP contribution in [0.2, 0.25) is 0 Å². The number of benzene rings is 2. The number of carbonyl (C=O) groups excluding carboxylic acids is 1. The molecule has 7 nitrogen and oxygen atoms in total. The highest BCUT2D eigenvalue weighted by molar-refractivity contribution is 6.33. The highest BCUT2D eigenvalue weighted by atomic mass is 16.2. The third-order valence-corrected chi connectivity index (χ3v) is 5.01. The first-order valence-corrected chi connectivity index (χ1v) is 10.3. The van der Waals surface area contributed by atoms with E-state index < -0.39 is 0 Å². The Kier molecular flexibility index (Phi) is 6.20. The van der Waals surface area contributed by atoms with Gasteiger partial charge >= 0.3 is 0 Å². The summed E-state index contributed by atoms with van der Waals surface area (Å²) >= 11 is 0. The Bertz CT molecular complexity index is 1260. The van der Waals surface area contributed by atoms with E-state index in [4.69, 9.17) is 10.5 Å². The fraction of sp³-hybridized carbons (Fsp3) is 0.160. The minimum Gasteiger partial charge on any atom is -0.270 e. The molecule has 0 radical (unpaired) electrons. The van der Waals surface area contributed by atoms with Gasteiger partial charge in [0.2, 0.25) is 0 Å². The van der Waals surface area contributed by atoms with Crippen molar-refractivity contribution in [2.75, 3.05) is 6.54 Å². The zero-order valence-corrected chi connectivity index (χ0v) is 17.3. The van der Waals surface area contributed by atoms with Gasteiger partial charge in [0, 0.05) is 22.9 Å². The van der Waals surface area contributed by atoms with Gasteiger partial charge in [0.1, 0.15) is 5.71 Å². The Morgan fingerprint density at radius 3 is 2.16 bits per heavy atom. The largest absolute Gasteiger partial charge is 0.276 e. The van der Waals surface area contributed by atoms with E-state index in [1.165, 1.54) is 5.01 Å². The first-order chi connectivity index (χ1) is 15.7. The number of aromatic nitrogens is 2. The quantitative estimate of drug-likeness (QED) is 0.539. The highest BCUT2D eigenvalue weighted by Crippen LogP contribution is 2.28. The maximum Gasteiger partial charge on any atom is 0.276 e. The van der Waals surface area contributed by atoms with Crippen LogP contribution in [-0.4, -0.2) is 33.0 Å². The van der Waals surface area contributed by atoms with Crippen LogP contribution in [0.15, 0.2) is 77.5 Å². The molecular weight excluding hydrogens is 400 g/mol. The molecule has 7 heteroatoms. The Labute approximate surface area is 186 Å². The fourth-order valence-electron chi connectivity index (χ4n) is 3.50. The number of hydrogen-bond acceptors (Lipinski definition) is 5. The molecule has 0 bridgehead atoms. The highest BCUT2D eigenvalue weighted by Gasteiger charge is 2.31. The third-order valence-electron chi connectivity index (χ3n) is 5.01. The van der Waals surface area contributed by atoms with Crippen molar-refractivity contribution in [3.63, 3.8) is 0 Å². The average Bonchev–Trinajstić information content (AvgIpc) is 3.38. The standard InChI is InChI=1S/C25H20N6O/c26-13-7-15-30-18-21(23(28-30)19-9-3-1-4-10-19)17-22-24(20-11-5-2-6-12-20)29-31(25(22)32)16-8-14-27/h1-6,9-12,17-18H,7-8,15-16H2. The summed E-state index contributed by atoms with van der Waals surface area (Å²) in [7, 11) is 0. The molecule has 2 aromatic carbocycles. The molecule has 0 spiro atoms. The zero-order chi connectivity index (χ0) is 22.3. The second kappa shape index (κ2) is 9.55. The average molecular weight is 420 g/mol. The van der Waals surface area contributed by atoms with Crippen LogP contribution < -0.4 is 0 Å².